The highest BCUT2D eigenvalue weighted by atomic mass is 16.3. The molecule has 11 rings (SSSR count). The zero-order valence-corrected chi connectivity index (χ0v) is 30.2. The van der Waals surface area contributed by atoms with Crippen molar-refractivity contribution in [2.24, 2.45) is 0 Å². The molecule has 0 unspecified atom stereocenters. The van der Waals surface area contributed by atoms with E-state index in [9.17, 15) is 0 Å². The van der Waals surface area contributed by atoms with E-state index in [4.69, 9.17) is 8.83 Å². The first-order chi connectivity index (χ1) is 26.7. The molecule has 0 bridgehead atoms. The first kappa shape index (κ1) is 31.1. The predicted octanol–water partition coefficient (Wildman–Crippen LogP) is 11.9. The van der Waals surface area contributed by atoms with Crippen molar-refractivity contribution in [3.8, 4) is 27.9 Å². The van der Waals surface area contributed by atoms with Gasteiger partial charge in [0.2, 0.25) is 7.28 Å². The second kappa shape index (κ2) is 12.3. The van der Waals surface area contributed by atoms with Crippen molar-refractivity contribution in [2.45, 2.75) is 32.6 Å². The fourth-order valence-electron chi connectivity index (χ4n) is 8.93. The number of furan rings is 2. The summed E-state index contributed by atoms with van der Waals surface area (Å²) in [6.07, 6.45) is 4.85. The molecule has 1 aliphatic heterocycles. The number of aromatic nitrogens is 1. The van der Waals surface area contributed by atoms with E-state index in [1.165, 1.54) is 63.2 Å². The fraction of sp³-hybridized carbons (Fsp3) is 0.102. The van der Waals surface area contributed by atoms with Crippen LogP contribution in [0.3, 0.4) is 0 Å². The molecule has 54 heavy (non-hydrogen) atoms. The van der Waals surface area contributed by atoms with Crippen molar-refractivity contribution >= 4 is 84.5 Å². The number of aryl methyl sites for hydroxylation is 1. The van der Waals surface area contributed by atoms with Crippen LogP contribution in [-0.2, 0) is 6.42 Å². The first-order valence-electron chi connectivity index (χ1n) is 19.2. The molecule has 0 atom stereocenters. The average Bonchev–Trinajstić information content (AvgIpc) is 3.89. The van der Waals surface area contributed by atoms with Gasteiger partial charge in [-0.05, 0) is 101 Å². The van der Waals surface area contributed by atoms with Gasteiger partial charge in [-0.2, -0.15) is 0 Å². The van der Waals surface area contributed by atoms with Gasteiger partial charge in [-0.15, -0.1) is 0 Å². The van der Waals surface area contributed by atoms with Crippen LogP contribution in [0.4, 0.5) is 11.4 Å². The Morgan fingerprint density at radius 1 is 0.593 bits per heavy atom. The zero-order chi connectivity index (χ0) is 35.8. The Morgan fingerprint density at radius 2 is 1.31 bits per heavy atom. The third-order valence-electron chi connectivity index (χ3n) is 11.5. The van der Waals surface area contributed by atoms with Gasteiger partial charge in [0.15, 0.2) is 0 Å². The van der Waals surface area contributed by atoms with Gasteiger partial charge >= 0.3 is 0 Å². The molecule has 10 aromatic rings. The van der Waals surface area contributed by atoms with Crippen molar-refractivity contribution in [1.82, 2.24) is 4.57 Å². The monoisotopic (exact) mass is 696 g/mol. The van der Waals surface area contributed by atoms with Gasteiger partial charge in [-0.3, -0.25) is 0 Å². The van der Waals surface area contributed by atoms with E-state index in [1.807, 2.05) is 6.07 Å². The van der Waals surface area contributed by atoms with Crippen LogP contribution in [0.2, 0.25) is 0 Å². The summed E-state index contributed by atoms with van der Waals surface area (Å²) in [6.45, 7) is 2.26. The normalized spacial score (nSPS) is 12.2. The molecule has 0 fully saturated rings. The SMILES string of the molecule is CCCCCc1ccc(Nc2ccccc2-c2cc(-c3ccc4c(c3)oc3ccccc34)c3c4ccccc4n4c3c2Bc2oc3ccccc3c2-4)cc1. The van der Waals surface area contributed by atoms with Crippen molar-refractivity contribution in [1.29, 1.82) is 0 Å². The van der Waals surface area contributed by atoms with Gasteiger partial charge in [-0.1, -0.05) is 105 Å². The van der Waals surface area contributed by atoms with Crippen molar-refractivity contribution in [3.05, 3.63) is 151 Å². The molecule has 4 nitrogen and oxygen atoms in total. The highest BCUT2D eigenvalue weighted by molar-refractivity contribution is 6.73. The Labute approximate surface area is 313 Å². The molecule has 3 aromatic heterocycles. The molecule has 1 N–H and O–H groups in total. The quantitative estimate of drug-likeness (QED) is 0.127. The van der Waals surface area contributed by atoms with Crippen LogP contribution in [-0.4, -0.2) is 11.8 Å². The number of para-hydroxylation sites is 4. The summed E-state index contributed by atoms with van der Waals surface area (Å²) in [5.74, 6) is 0. The first-order valence-corrected chi connectivity index (χ1v) is 19.2. The van der Waals surface area contributed by atoms with Crippen molar-refractivity contribution in [3.63, 3.8) is 0 Å². The lowest BCUT2D eigenvalue weighted by atomic mass is 9.62. The van der Waals surface area contributed by atoms with Crippen LogP contribution in [0.25, 0.3) is 82.7 Å². The Morgan fingerprint density at radius 3 is 2.17 bits per heavy atom. The molecule has 0 saturated carbocycles. The molecule has 0 saturated heterocycles. The molecule has 7 aromatic carbocycles. The smallest absolute Gasteiger partial charge is 0.244 e. The number of nitrogens with one attached hydrogen (secondary N) is 1. The number of unbranched alkanes of at least 4 members (excludes halogenated alkanes) is 2. The minimum Gasteiger partial charge on any atom is -0.469 e. The second-order valence-electron chi connectivity index (χ2n) is 14.7. The molecular formula is C49H37BN2O2. The molecule has 0 aliphatic carbocycles. The Balaban J connectivity index is 1.17. The fourth-order valence-corrected chi connectivity index (χ4v) is 8.93. The van der Waals surface area contributed by atoms with Gasteiger partial charge in [0.1, 0.15) is 16.7 Å². The van der Waals surface area contributed by atoms with E-state index in [2.05, 4.69) is 156 Å². The second-order valence-corrected chi connectivity index (χ2v) is 14.7. The maximum absolute atomic E-state index is 6.70. The van der Waals surface area contributed by atoms with E-state index in [1.54, 1.807) is 0 Å². The van der Waals surface area contributed by atoms with Gasteiger partial charge < -0.3 is 18.7 Å². The molecule has 258 valence electrons. The summed E-state index contributed by atoms with van der Waals surface area (Å²) in [6, 6.07) is 52.5. The molecular weight excluding hydrogens is 659 g/mol. The third kappa shape index (κ3) is 4.78. The molecule has 0 amide bonds. The average molecular weight is 697 g/mol. The number of hydrogen-bond donors (Lipinski definition) is 1. The van der Waals surface area contributed by atoms with Gasteiger partial charge in [0.25, 0.3) is 0 Å². The number of nitrogens with zero attached hydrogens (tertiary/aromatic N) is 1. The van der Waals surface area contributed by atoms with Crippen LogP contribution in [0.5, 0.6) is 0 Å². The molecule has 1 aliphatic rings. The Kier molecular flexibility index (Phi) is 7.09. The predicted molar refractivity (Wildman–Crippen MR) is 228 cm³/mol. The standard InChI is InChI=1S/C49H37BN2O2/c1-2-3-4-13-30-22-25-32(26-23-30)51-40-18-9-5-14-33(40)39-29-38(31-24-27-35-34-15-7-11-20-42(34)53-44(35)28-31)45-36-16-6-10-19-41(36)52-47-37-17-8-12-21-43(37)54-49(47)50-46(39)48(45)52/h5-12,14-29,50-51H,2-4,13H2,1H3. The third-order valence-corrected chi connectivity index (χ3v) is 11.5. The minimum atomic E-state index is 0.690. The summed E-state index contributed by atoms with van der Waals surface area (Å²) in [4.78, 5) is 0. The van der Waals surface area contributed by atoms with E-state index < -0.39 is 0 Å². The number of anilines is 2. The van der Waals surface area contributed by atoms with E-state index in [-0.39, 0.29) is 0 Å². The van der Waals surface area contributed by atoms with Gasteiger partial charge in [0, 0.05) is 43.9 Å². The van der Waals surface area contributed by atoms with Gasteiger partial charge in [-0.25, -0.2) is 0 Å². The van der Waals surface area contributed by atoms with E-state index in [0.29, 0.717) is 7.28 Å². The minimum absolute atomic E-state index is 0.690. The summed E-state index contributed by atoms with van der Waals surface area (Å²) in [5, 5.41) is 9.70. The van der Waals surface area contributed by atoms with E-state index in [0.717, 1.165) is 73.2 Å². The zero-order valence-electron chi connectivity index (χ0n) is 30.2. The Hall–Kier alpha value is -6.46. The van der Waals surface area contributed by atoms with E-state index >= 15 is 0 Å². The maximum atomic E-state index is 6.70. The summed E-state index contributed by atoms with van der Waals surface area (Å²) in [5.41, 5.74) is 16.7. The summed E-state index contributed by atoms with van der Waals surface area (Å²) in [7, 11) is 0.690. The van der Waals surface area contributed by atoms with Crippen LogP contribution < -0.4 is 16.4 Å². The van der Waals surface area contributed by atoms with Crippen molar-refractivity contribution < 1.29 is 8.83 Å². The molecule has 0 radical (unpaired) electrons. The number of rotatable bonds is 8. The molecule has 0 spiro atoms. The number of hydrogen-bond acceptors (Lipinski definition) is 3. The topological polar surface area (TPSA) is 43.2 Å². The lowest BCUT2D eigenvalue weighted by Gasteiger charge is -2.23. The molecule has 5 heteroatoms. The van der Waals surface area contributed by atoms with Gasteiger partial charge in [0.05, 0.1) is 22.4 Å². The van der Waals surface area contributed by atoms with Crippen LogP contribution >= 0.6 is 0 Å². The maximum Gasteiger partial charge on any atom is 0.244 e. The van der Waals surface area contributed by atoms with Crippen LogP contribution in [0.15, 0.2) is 154 Å². The lowest BCUT2D eigenvalue weighted by Crippen LogP contribution is -2.36. The number of fused-ring (bicyclic) bond motifs is 10. The summed E-state index contributed by atoms with van der Waals surface area (Å²) < 4.78 is 15.6. The summed E-state index contributed by atoms with van der Waals surface area (Å²) >= 11 is 0. The van der Waals surface area contributed by atoms with Crippen LogP contribution in [0, 0.1) is 0 Å². The molecule has 4 heterocycles. The number of benzene rings is 7. The largest absolute Gasteiger partial charge is 0.469 e. The lowest BCUT2D eigenvalue weighted by molar-refractivity contribution is 0.650. The highest BCUT2D eigenvalue weighted by Crippen LogP contribution is 2.45. The Bertz CT molecular complexity index is 3070. The highest BCUT2D eigenvalue weighted by Gasteiger charge is 2.32. The van der Waals surface area contributed by atoms with Crippen molar-refractivity contribution in [2.75, 3.05) is 5.32 Å². The van der Waals surface area contributed by atoms with Crippen LogP contribution in [0.1, 0.15) is 31.7 Å².